The smallest absolute Gasteiger partial charge is 0.0614 e. The van der Waals surface area contributed by atoms with Crippen LogP contribution in [0.2, 0.25) is 10.0 Å². The summed E-state index contributed by atoms with van der Waals surface area (Å²) in [7, 11) is 0. The average molecular weight is 346 g/mol. The van der Waals surface area contributed by atoms with E-state index in [0.29, 0.717) is 22.3 Å². The largest absolute Gasteiger partial charge is 0.397 e. The first kappa shape index (κ1) is 13.5. The van der Waals surface area contributed by atoms with Gasteiger partial charge in [0.05, 0.1) is 21.4 Å². The molecule has 0 fully saturated rings. The van der Waals surface area contributed by atoms with E-state index < -0.39 is 0 Å². The lowest BCUT2D eigenvalue weighted by molar-refractivity contribution is 1.14. The van der Waals surface area contributed by atoms with Crippen molar-refractivity contribution in [3.05, 3.63) is 56.5 Å². The van der Waals surface area contributed by atoms with Crippen molar-refractivity contribution in [2.45, 2.75) is 6.54 Å². The third-order valence-electron chi connectivity index (χ3n) is 2.52. The Morgan fingerprint density at radius 1 is 1.11 bits per heavy atom. The summed E-state index contributed by atoms with van der Waals surface area (Å²) < 4.78 is 1.05. The zero-order valence-corrected chi connectivity index (χ0v) is 12.5. The number of anilines is 2. The van der Waals surface area contributed by atoms with Gasteiger partial charge in [-0.3, -0.25) is 0 Å². The topological polar surface area (TPSA) is 38.0 Å². The molecule has 0 amide bonds. The number of benzene rings is 2. The van der Waals surface area contributed by atoms with Gasteiger partial charge in [0.25, 0.3) is 0 Å². The van der Waals surface area contributed by atoms with Crippen LogP contribution in [0.25, 0.3) is 0 Å². The molecule has 3 N–H and O–H groups in total. The second kappa shape index (κ2) is 5.83. The number of hydrogen-bond donors (Lipinski definition) is 2. The first-order valence-electron chi connectivity index (χ1n) is 5.29. The lowest BCUT2D eigenvalue weighted by Gasteiger charge is -2.11. The molecule has 2 aromatic rings. The van der Waals surface area contributed by atoms with Gasteiger partial charge in [-0.25, -0.2) is 0 Å². The van der Waals surface area contributed by atoms with Crippen molar-refractivity contribution in [1.82, 2.24) is 0 Å². The summed E-state index contributed by atoms with van der Waals surface area (Å²) in [6.07, 6.45) is 0. The minimum Gasteiger partial charge on any atom is -0.397 e. The molecule has 0 heterocycles. The number of halogens is 3. The van der Waals surface area contributed by atoms with E-state index in [1.54, 1.807) is 12.1 Å². The van der Waals surface area contributed by atoms with Gasteiger partial charge in [-0.1, -0.05) is 57.3 Å². The molecule has 0 saturated heterocycles. The van der Waals surface area contributed by atoms with E-state index in [9.17, 15) is 0 Å². The van der Waals surface area contributed by atoms with Gasteiger partial charge >= 0.3 is 0 Å². The van der Waals surface area contributed by atoms with Crippen molar-refractivity contribution >= 4 is 50.5 Å². The number of nitrogens with one attached hydrogen (secondary N) is 1. The molecule has 0 aliphatic heterocycles. The van der Waals surface area contributed by atoms with Gasteiger partial charge in [-0.15, -0.1) is 0 Å². The van der Waals surface area contributed by atoms with E-state index >= 15 is 0 Å². The third kappa shape index (κ3) is 3.10. The summed E-state index contributed by atoms with van der Waals surface area (Å²) in [5.74, 6) is 0. The molecule has 0 atom stereocenters. The summed E-state index contributed by atoms with van der Waals surface area (Å²) in [6, 6.07) is 11.4. The molecule has 18 heavy (non-hydrogen) atoms. The maximum absolute atomic E-state index is 5.96. The second-order valence-electron chi connectivity index (χ2n) is 3.80. The molecule has 0 aliphatic rings. The normalized spacial score (nSPS) is 10.4. The lowest BCUT2D eigenvalue weighted by atomic mass is 10.2. The first-order valence-corrected chi connectivity index (χ1v) is 6.84. The Hall–Kier alpha value is -0.900. The zero-order chi connectivity index (χ0) is 13.1. The summed E-state index contributed by atoms with van der Waals surface area (Å²) in [5, 5.41) is 4.19. The van der Waals surface area contributed by atoms with Crippen molar-refractivity contribution in [1.29, 1.82) is 0 Å². The predicted molar refractivity (Wildman–Crippen MR) is 82.3 cm³/mol. The maximum Gasteiger partial charge on any atom is 0.0614 e. The number of nitrogens with two attached hydrogens (primary N) is 1. The Labute approximate surface area is 124 Å². The van der Waals surface area contributed by atoms with E-state index in [0.717, 1.165) is 15.7 Å². The minimum atomic E-state index is 0.459. The third-order valence-corrected chi connectivity index (χ3v) is 4.02. The predicted octanol–water partition coefficient (Wildman–Crippen LogP) is 4.95. The summed E-state index contributed by atoms with van der Waals surface area (Å²) in [5.41, 5.74) is 8.37. The van der Waals surface area contributed by atoms with Gasteiger partial charge in [0, 0.05) is 11.0 Å². The first-order chi connectivity index (χ1) is 8.58. The highest BCUT2D eigenvalue weighted by atomic mass is 79.9. The molecule has 2 aromatic carbocycles. The second-order valence-corrected chi connectivity index (χ2v) is 5.47. The van der Waals surface area contributed by atoms with Crippen LogP contribution in [0.15, 0.2) is 40.9 Å². The quantitative estimate of drug-likeness (QED) is 0.772. The maximum atomic E-state index is 5.96. The molecule has 0 radical (unpaired) electrons. The minimum absolute atomic E-state index is 0.459. The van der Waals surface area contributed by atoms with Crippen LogP contribution in [0.3, 0.4) is 0 Å². The fraction of sp³-hybridized carbons (Fsp3) is 0.0769. The van der Waals surface area contributed by atoms with Crippen LogP contribution >= 0.6 is 39.1 Å². The van der Waals surface area contributed by atoms with Crippen LogP contribution in [0.1, 0.15) is 5.56 Å². The van der Waals surface area contributed by atoms with Gasteiger partial charge in [-0.2, -0.15) is 0 Å². The Kier molecular flexibility index (Phi) is 4.38. The van der Waals surface area contributed by atoms with Gasteiger partial charge in [-0.05, 0) is 23.8 Å². The van der Waals surface area contributed by atoms with Crippen molar-refractivity contribution in [2.24, 2.45) is 0 Å². The van der Waals surface area contributed by atoms with Gasteiger partial charge in [0.1, 0.15) is 0 Å². The van der Waals surface area contributed by atoms with Gasteiger partial charge in [0.2, 0.25) is 0 Å². The van der Waals surface area contributed by atoms with E-state index in [4.69, 9.17) is 28.9 Å². The zero-order valence-electron chi connectivity index (χ0n) is 9.38. The SMILES string of the molecule is Nc1cc(Cl)c(Cl)cc1NCc1ccccc1Br. The molecule has 0 saturated carbocycles. The fourth-order valence-electron chi connectivity index (χ4n) is 1.55. The highest BCUT2D eigenvalue weighted by molar-refractivity contribution is 9.10. The van der Waals surface area contributed by atoms with E-state index in [1.165, 1.54) is 0 Å². The number of hydrogen-bond acceptors (Lipinski definition) is 2. The molecular weight excluding hydrogens is 335 g/mol. The van der Waals surface area contributed by atoms with Gasteiger partial charge < -0.3 is 11.1 Å². The van der Waals surface area contributed by atoms with E-state index in [1.807, 2.05) is 24.3 Å². The molecule has 94 valence electrons. The molecule has 0 bridgehead atoms. The van der Waals surface area contributed by atoms with Crippen LogP contribution in [0, 0.1) is 0 Å². The average Bonchev–Trinajstić information content (AvgIpc) is 2.34. The van der Waals surface area contributed by atoms with Crippen LogP contribution in [0.5, 0.6) is 0 Å². The standard InChI is InChI=1S/C13H11BrCl2N2/c14-9-4-2-1-3-8(9)7-18-13-6-11(16)10(15)5-12(13)17/h1-6,18H,7,17H2. The Balaban J connectivity index is 2.16. The summed E-state index contributed by atoms with van der Waals surface area (Å²) in [6.45, 7) is 0.656. The molecular formula is C13H11BrCl2N2. The van der Waals surface area contributed by atoms with E-state index in [-0.39, 0.29) is 0 Å². The molecule has 5 heteroatoms. The fourth-order valence-corrected chi connectivity index (χ4v) is 2.31. The van der Waals surface area contributed by atoms with Crippen LogP contribution < -0.4 is 11.1 Å². The lowest BCUT2D eigenvalue weighted by Crippen LogP contribution is -2.03. The van der Waals surface area contributed by atoms with Crippen molar-refractivity contribution in [2.75, 3.05) is 11.1 Å². The Morgan fingerprint density at radius 3 is 2.50 bits per heavy atom. The highest BCUT2D eigenvalue weighted by Gasteiger charge is 2.05. The molecule has 0 aliphatic carbocycles. The van der Waals surface area contributed by atoms with Crippen LogP contribution in [-0.2, 0) is 6.54 Å². The highest BCUT2D eigenvalue weighted by Crippen LogP contribution is 2.31. The van der Waals surface area contributed by atoms with Crippen molar-refractivity contribution < 1.29 is 0 Å². The molecule has 0 unspecified atom stereocenters. The summed E-state index contributed by atoms with van der Waals surface area (Å²) in [4.78, 5) is 0. The monoisotopic (exact) mass is 344 g/mol. The van der Waals surface area contributed by atoms with E-state index in [2.05, 4.69) is 21.2 Å². The molecule has 2 rings (SSSR count). The number of nitrogen functional groups attached to an aromatic ring is 1. The van der Waals surface area contributed by atoms with Gasteiger partial charge in [0.15, 0.2) is 0 Å². The molecule has 2 nitrogen and oxygen atoms in total. The Bertz CT molecular complexity index is 573. The summed E-state index contributed by atoms with van der Waals surface area (Å²) >= 11 is 15.3. The van der Waals surface area contributed by atoms with Crippen molar-refractivity contribution in [3.63, 3.8) is 0 Å². The Morgan fingerprint density at radius 2 is 1.78 bits per heavy atom. The van der Waals surface area contributed by atoms with Crippen LogP contribution in [0.4, 0.5) is 11.4 Å². The molecule has 0 aromatic heterocycles. The van der Waals surface area contributed by atoms with Crippen LogP contribution in [-0.4, -0.2) is 0 Å². The number of rotatable bonds is 3. The van der Waals surface area contributed by atoms with Crippen molar-refractivity contribution in [3.8, 4) is 0 Å². The molecule has 0 spiro atoms.